The predicted octanol–water partition coefficient (Wildman–Crippen LogP) is 2.79. The number of H-pyrrole nitrogens is 1. The molecule has 2 aliphatic rings. The maximum atomic E-state index is 13.1. The average Bonchev–Trinajstić information content (AvgIpc) is 3.38. The van der Waals surface area contributed by atoms with Crippen molar-refractivity contribution in [2.75, 3.05) is 19.6 Å². The topological polar surface area (TPSA) is 69.3 Å². The van der Waals surface area contributed by atoms with Crippen molar-refractivity contribution >= 4 is 11.8 Å². The first-order valence-corrected chi connectivity index (χ1v) is 9.80. The van der Waals surface area contributed by atoms with Gasteiger partial charge in [0.05, 0.1) is 6.20 Å². The van der Waals surface area contributed by atoms with Gasteiger partial charge >= 0.3 is 0 Å². The third-order valence-electron chi connectivity index (χ3n) is 5.84. The van der Waals surface area contributed by atoms with E-state index in [4.69, 9.17) is 0 Å². The van der Waals surface area contributed by atoms with Gasteiger partial charge in [0.2, 0.25) is 11.8 Å². The third kappa shape index (κ3) is 3.48. The first kappa shape index (κ1) is 17.8. The van der Waals surface area contributed by atoms with Crippen molar-refractivity contribution in [3.63, 3.8) is 0 Å². The molecule has 0 aliphatic carbocycles. The van der Waals surface area contributed by atoms with Crippen LogP contribution in [0.3, 0.4) is 0 Å². The lowest BCUT2D eigenvalue weighted by molar-refractivity contribution is -0.143. The molecule has 0 radical (unpaired) electrons. The first-order chi connectivity index (χ1) is 13.1. The molecule has 0 bridgehead atoms. The molecule has 0 spiro atoms. The molecule has 2 aromatic rings. The first-order valence-electron chi connectivity index (χ1n) is 9.80. The molecule has 6 heteroatoms. The Kier molecular flexibility index (Phi) is 4.97. The Morgan fingerprint density at radius 3 is 2.67 bits per heavy atom. The van der Waals surface area contributed by atoms with Crippen LogP contribution in [0.25, 0.3) is 11.1 Å². The monoisotopic (exact) mass is 366 g/mol. The van der Waals surface area contributed by atoms with Crippen LogP contribution in [0, 0.1) is 0 Å². The summed E-state index contributed by atoms with van der Waals surface area (Å²) in [6.45, 7) is 3.71. The van der Waals surface area contributed by atoms with Crippen LogP contribution in [0.4, 0.5) is 0 Å². The minimum Gasteiger partial charge on any atom is -0.340 e. The van der Waals surface area contributed by atoms with Gasteiger partial charge in [-0.1, -0.05) is 30.3 Å². The van der Waals surface area contributed by atoms with Crippen molar-refractivity contribution < 1.29 is 9.59 Å². The minimum atomic E-state index is -0.281. The number of benzene rings is 1. The quantitative estimate of drug-likeness (QED) is 0.908. The van der Waals surface area contributed by atoms with E-state index in [1.165, 1.54) is 0 Å². The molecule has 2 amide bonds. The van der Waals surface area contributed by atoms with Gasteiger partial charge in [-0.05, 0) is 31.2 Å². The Bertz CT molecular complexity index is 817. The van der Waals surface area contributed by atoms with E-state index in [0.29, 0.717) is 13.1 Å². The number of rotatable bonds is 3. The summed E-state index contributed by atoms with van der Waals surface area (Å²) < 4.78 is 0. The summed E-state index contributed by atoms with van der Waals surface area (Å²) in [5.74, 6) is 0.347. The highest BCUT2D eigenvalue weighted by Crippen LogP contribution is 2.33. The fourth-order valence-corrected chi connectivity index (χ4v) is 4.48. The summed E-state index contributed by atoms with van der Waals surface area (Å²) >= 11 is 0. The standard InChI is InChI=1S/C21H26N4O2/c1-15(26)25-12-6-10-19(25)21(27)24-11-5-9-17(14-24)20-18(13-22-23-20)16-7-3-2-4-8-16/h2-4,7-8,13,17,19H,5-6,9-12,14H2,1H3,(H,22,23)/t17-,19+/m1/s1. The van der Waals surface area contributed by atoms with E-state index in [1.54, 1.807) is 11.8 Å². The molecule has 1 N–H and O–H groups in total. The van der Waals surface area contributed by atoms with Crippen LogP contribution in [0.15, 0.2) is 36.5 Å². The summed E-state index contributed by atoms with van der Waals surface area (Å²) in [5, 5.41) is 7.45. The van der Waals surface area contributed by atoms with Gasteiger partial charge in [0.1, 0.15) is 6.04 Å². The number of aromatic amines is 1. The largest absolute Gasteiger partial charge is 0.340 e. The molecule has 2 fully saturated rings. The Balaban J connectivity index is 1.52. The third-order valence-corrected chi connectivity index (χ3v) is 5.84. The summed E-state index contributed by atoms with van der Waals surface area (Å²) in [5.41, 5.74) is 3.36. The fourth-order valence-electron chi connectivity index (χ4n) is 4.48. The molecule has 2 aliphatic heterocycles. The van der Waals surface area contributed by atoms with E-state index in [1.807, 2.05) is 29.3 Å². The molecule has 27 heavy (non-hydrogen) atoms. The number of piperidine rings is 1. The SMILES string of the molecule is CC(=O)N1CCC[C@H]1C(=O)N1CCC[C@@H](c2[nH]ncc2-c2ccccc2)C1. The van der Waals surface area contributed by atoms with Gasteiger partial charge in [-0.3, -0.25) is 14.7 Å². The zero-order valence-electron chi connectivity index (χ0n) is 15.7. The van der Waals surface area contributed by atoms with Gasteiger partial charge in [-0.2, -0.15) is 5.10 Å². The molecule has 2 saturated heterocycles. The maximum absolute atomic E-state index is 13.1. The number of likely N-dealkylation sites (tertiary alicyclic amines) is 2. The molecular weight excluding hydrogens is 340 g/mol. The van der Waals surface area contributed by atoms with Gasteiger partial charge in [-0.25, -0.2) is 0 Å². The lowest BCUT2D eigenvalue weighted by atomic mass is 9.90. The number of nitrogens with one attached hydrogen (secondary N) is 1. The average molecular weight is 366 g/mol. The Morgan fingerprint density at radius 2 is 1.89 bits per heavy atom. The second-order valence-corrected chi connectivity index (χ2v) is 7.56. The van der Waals surface area contributed by atoms with Gasteiger partial charge in [0.25, 0.3) is 0 Å². The number of aromatic nitrogens is 2. The number of amides is 2. The number of carbonyl (C=O) groups is 2. The Hall–Kier alpha value is -2.63. The van der Waals surface area contributed by atoms with Crippen LogP contribution in [-0.4, -0.2) is 57.5 Å². The Morgan fingerprint density at radius 1 is 1.11 bits per heavy atom. The molecule has 1 aromatic heterocycles. The molecule has 0 saturated carbocycles. The second-order valence-electron chi connectivity index (χ2n) is 7.56. The van der Waals surface area contributed by atoms with E-state index >= 15 is 0 Å². The van der Waals surface area contributed by atoms with Gasteiger partial charge in [0.15, 0.2) is 0 Å². The molecule has 1 aromatic carbocycles. The van der Waals surface area contributed by atoms with Crippen molar-refractivity contribution in [3.05, 3.63) is 42.2 Å². The number of hydrogen-bond donors (Lipinski definition) is 1. The number of carbonyl (C=O) groups excluding carboxylic acids is 2. The Labute approximate surface area is 159 Å². The van der Waals surface area contributed by atoms with Crippen LogP contribution >= 0.6 is 0 Å². The predicted molar refractivity (Wildman–Crippen MR) is 103 cm³/mol. The number of nitrogens with zero attached hydrogens (tertiary/aromatic N) is 3. The zero-order chi connectivity index (χ0) is 18.8. The van der Waals surface area contributed by atoms with Crippen LogP contribution in [0.5, 0.6) is 0 Å². The molecule has 4 rings (SSSR count). The van der Waals surface area contributed by atoms with Crippen molar-refractivity contribution in [2.24, 2.45) is 0 Å². The highest BCUT2D eigenvalue weighted by molar-refractivity contribution is 5.87. The summed E-state index contributed by atoms with van der Waals surface area (Å²) in [6, 6.07) is 9.95. The summed E-state index contributed by atoms with van der Waals surface area (Å²) in [7, 11) is 0. The normalized spacial score (nSPS) is 22.9. The maximum Gasteiger partial charge on any atom is 0.245 e. The molecule has 2 atom stereocenters. The summed E-state index contributed by atoms with van der Waals surface area (Å²) in [6.07, 6.45) is 5.56. The highest BCUT2D eigenvalue weighted by atomic mass is 16.2. The van der Waals surface area contributed by atoms with Gasteiger partial charge < -0.3 is 9.80 Å². The second kappa shape index (κ2) is 7.55. The van der Waals surface area contributed by atoms with Crippen molar-refractivity contribution in [1.82, 2.24) is 20.0 Å². The summed E-state index contributed by atoms with van der Waals surface area (Å²) in [4.78, 5) is 28.6. The van der Waals surface area contributed by atoms with E-state index in [9.17, 15) is 9.59 Å². The van der Waals surface area contributed by atoms with E-state index < -0.39 is 0 Å². The van der Waals surface area contributed by atoms with Crippen LogP contribution in [-0.2, 0) is 9.59 Å². The molecule has 0 unspecified atom stereocenters. The fraction of sp³-hybridized carbons (Fsp3) is 0.476. The lowest BCUT2D eigenvalue weighted by Crippen LogP contribution is -2.49. The lowest BCUT2D eigenvalue weighted by Gasteiger charge is -2.36. The van der Waals surface area contributed by atoms with E-state index in [0.717, 1.165) is 49.0 Å². The molecule has 142 valence electrons. The molecular formula is C21H26N4O2. The van der Waals surface area contributed by atoms with Crippen molar-refractivity contribution in [2.45, 2.75) is 44.6 Å². The van der Waals surface area contributed by atoms with Crippen molar-refractivity contribution in [1.29, 1.82) is 0 Å². The van der Waals surface area contributed by atoms with Crippen LogP contribution < -0.4 is 0 Å². The van der Waals surface area contributed by atoms with Gasteiger partial charge in [0, 0.05) is 43.7 Å². The smallest absolute Gasteiger partial charge is 0.245 e. The number of hydrogen-bond acceptors (Lipinski definition) is 3. The minimum absolute atomic E-state index is 0.000610. The van der Waals surface area contributed by atoms with E-state index in [-0.39, 0.29) is 23.8 Å². The van der Waals surface area contributed by atoms with Crippen molar-refractivity contribution in [3.8, 4) is 11.1 Å². The molecule has 3 heterocycles. The molecule has 6 nitrogen and oxygen atoms in total. The van der Waals surface area contributed by atoms with Gasteiger partial charge in [-0.15, -0.1) is 0 Å². The zero-order valence-corrected chi connectivity index (χ0v) is 15.7. The highest BCUT2D eigenvalue weighted by Gasteiger charge is 2.37. The van der Waals surface area contributed by atoms with E-state index in [2.05, 4.69) is 22.3 Å². The van der Waals surface area contributed by atoms with Crippen LogP contribution in [0.2, 0.25) is 0 Å². The van der Waals surface area contributed by atoms with Crippen LogP contribution in [0.1, 0.15) is 44.2 Å².